The number of fused-ring (bicyclic) bond motifs is 1. The molecule has 1 fully saturated rings. The number of nitrogens with one attached hydrogen (secondary N) is 1. The zero-order valence-electron chi connectivity index (χ0n) is 14.7. The Bertz CT molecular complexity index is 807. The average Bonchev–Trinajstić information content (AvgIpc) is 2.68. The van der Waals surface area contributed by atoms with Crippen LogP contribution in [-0.4, -0.2) is 30.6 Å². The summed E-state index contributed by atoms with van der Waals surface area (Å²) in [4.78, 5) is 2.65. The minimum atomic E-state index is 0.605. The fourth-order valence-corrected chi connectivity index (χ4v) is 3.95. The molecule has 0 aliphatic carbocycles. The molecule has 2 heteroatoms. The van der Waals surface area contributed by atoms with Gasteiger partial charge in [-0.05, 0) is 34.7 Å². The van der Waals surface area contributed by atoms with Crippen LogP contribution in [0.5, 0.6) is 0 Å². The summed E-state index contributed by atoms with van der Waals surface area (Å²) in [5.74, 6) is 0. The summed E-state index contributed by atoms with van der Waals surface area (Å²) < 4.78 is 0. The molecule has 3 aromatic carbocycles. The topological polar surface area (TPSA) is 15.3 Å². The Morgan fingerprint density at radius 1 is 0.880 bits per heavy atom. The van der Waals surface area contributed by atoms with E-state index in [0.29, 0.717) is 6.04 Å². The summed E-state index contributed by atoms with van der Waals surface area (Å²) in [6, 6.07) is 26.9. The second-order valence-electron chi connectivity index (χ2n) is 6.99. The summed E-state index contributed by atoms with van der Waals surface area (Å²) in [5.41, 5.74) is 2.89. The van der Waals surface area contributed by atoms with Crippen LogP contribution < -0.4 is 5.32 Å². The minimum absolute atomic E-state index is 0.605. The monoisotopic (exact) mass is 330 g/mol. The maximum absolute atomic E-state index is 3.58. The lowest BCUT2D eigenvalue weighted by atomic mass is 9.97. The highest BCUT2D eigenvalue weighted by Gasteiger charge is 2.22. The zero-order chi connectivity index (χ0) is 16.9. The van der Waals surface area contributed by atoms with Crippen molar-refractivity contribution >= 4 is 10.8 Å². The smallest absolute Gasteiger partial charge is 0.0237 e. The highest BCUT2D eigenvalue weighted by molar-refractivity contribution is 5.85. The van der Waals surface area contributed by atoms with Crippen molar-refractivity contribution in [2.24, 2.45) is 0 Å². The highest BCUT2D eigenvalue weighted by atomic mass is 15.2. The summed E-state index contributed by atoms with van der Waals surface area (Å²) in [6.45, 7) is 4.38. The summed E-state index contributed by atoms with van der Waals surface area (Å²) in [7, 11) is 0. The van der Waals surface area contributed by atoms with E-state index in [4.69, 9.17) is 0 Å². The number of piperazine rings is 1. The number of aryl methyl sites for hydroxylation is 1. The van der Waals surface area contributed by atoms with Gasteiger partial charge in [0.2, 0.25) is 0 Å². The van der Waals surface area contributed by atoms with E-state index in [1.165, 1.54) is 28.3 Å². The van der Waals surface area contributed by atoms with E-state index in [-0.39, 0.29) is 0 Å². The van der Waals surface area contributed by atoms with Crippen LogP contribution in [0.1, 0.15) is 17.5 Å². The lowest BCUT2D eigenvalue weighted by Crippen LogP contribution is -2.50. The van der Waals surface area contributed by atoms with Gasteiger partial charge in [0, 0.05) is 32.2 Å². The SMILES string of the molecule is c1ccc(CN2CCNC[C@@H]2CCc2cccc3ccccc23)cc1. The van der Waals surface area contributed by atoms with Crippen molar-refractivity contribution in [3.63, 3.8) is 0 Å². The van der Waals surface area contributed by atoms with Gasteiger partial charge in [-0.3, -0.25) is 4.90 Å². The lowest BCUT2D eigenvalue weighted by molar-refractivity contribution is 0.145. The van der Waals surface area contributed by atoms with E-state index in [9.17, 15) is 0 Å². The molecule has 0 saturated carbocycles. The fourth-order valence-electron chi connectivity index (χ4n) is 3.95. The predicted octanol–water partition coefficient (Wildman–Crippen LogP) is 4.25. The van der Waals surface area contributed by atoms with Gasteiger partial charge in [-0.1, -0.05) is 72.8 Å². The van der Waals surface area contributed by atoms with Crippen molar-refractivity contribution in [2.45, 2.75) is 25.4 Å². The summed E-state index contributed by atoms with van der Waals surface area (Å²) in [6.07, 6.45) is 2.34. The van der Waals surface area contributed by atoms with E-state index < -0.39 is 0 Å². The van der Waals surface area contributed by atoms with Crippen molar-refractivity contribution < 1.29 is 0 Å². The minimum Gasteiger partial charge on any atom is -0.314 e. The Morgan fingerprint density at radius 2 is 1.68 bits per heavy atom. The van der Waals surface area contributed by atoms with Gasteiger partial charge < -0.3 is 5.32 Å². The van der Waals surface area contributed by atoms with Crippen LogP contribution in [0.4, 0.5) is 0 Å². The molecule has 0 amide bonds. The third kappa shape index (κ3) is 3.92. The van der Waals surface area contributed by atoms with Crippen LogP contribution in [0.3, 0.4) is 0 Å². The number of hydrogen-bond acceptors (Lipinski definition) is 2. The molecular weight excluding hydrogens is 304 g/mol. The molecule has 0 bridgehead atoms. The van der Waals surface area contributed by atoms with Crippen LogP contribution in [-0.2, 0) is 13.0 Å². The van der Waals surface area contributed by atoms with E-state index in [1.54, 1.807) is 0 Å². The largest absolute Gasteiger partial charge is 0.314 e. The van der Waals surface area contributed by atoms with Crippen LogP contribution in [0.25, 0.3) is 10.8 Å². The van der Waals surface area contributed by atoms with Crippen molar-refractivity contribution in [2.75, 3.05) is 19.6 Å². The van der Waals surface area contributed by atoms with Gasteiger partial charge in [-0.2, -0.15) is 0 Å². The maximum atomic E-state index is 3.58. The second kappa shape index (κ2) is 7.81. The van der Waals surface area contributed by atoms with Gasteiger partial charge >= 0.3 is 0 Å². The van der Waals surface area contributed by atoms with Crippen LogP contribution in [0, 0.1) is 0 Å². The first-order valence-corrected chi connectivity index (χ1v) is 9.35. The van der Waals surface area contributed by atoms with Crippen molar-refractivity contribution in [1.82, 2.24) is 10.2 Å². The molecule has 1 aliphatic rings. The molecule has 0 radical (unpaired) electrons. The van der Waals surface area contributed by atoms with Crippen molar-refractivity contribution in [1.29, 1.82) is 0 Å². The van der Waals surface area contributed by atoms with E-state index in [1.807, 2.05) is 0 Å². The third-order valence-electron chi connectivity index (χ3n) is 5.33. The second-order valence-corrected chi connectivity index (χ2v) is 6.99. The van der Waals surface area contributed by atoms with Crippen molar-refractivity contribution in [3.8, 4) is 0 Å². The predicted molar refractivity (Wildman–Crippen MR) is 106 cm³/mol. The normalized spacial score (nSPS) is 18.5. The number of benzene rings is 3. The molecule has 4 rings (SSSR count). The Labute approximate surface area is 150 Å². The summed E-state index contributed by atoms with van der Waals surface area (Å²) >= 11 is 0. The molecule has 0 aromatic heterocycles. The molecular formula is C23H26N2. The van der Waals surface area contributed by atoms with Gasteiger partial charge in [0.05, 0.1) is 0 Å². The van der Waals surface area contributed by atoms with Gasteiger partial charge in [0.1, 0.15) is 0 Å². The quantitative estimate of drug-likeness (QED) is 0.752. The molecule has 1 heterocycles. The van der Waals surface area contributed by atoms with Gasteiger partial charge in [-0.15, -0.1) is 0 Å². The standard InChI is InChI=1S/C23H26N2/c1-2-7-19(8-3-1)18-25-16-15-24-17-22(25)14-13-21-11-6-10-20-9-4-5-12-23(20)21/h1-12,22,24H,13-18H2/t22-/m0/s1. The molecule has 3 aromatic rings. The van der Waals surface area contributed by atoms with E-state index in [0.717, 1.165) is 32.6 Å². The average molecular weight is 330 g/mol. The molecule has 0 spiro atoms. The first-order chi connectivity index (χ1) is 12.4. The molecule has 1 aliphatic heterocycles. The van der Waals surface area contributed by atoms with Gasteiger partial charge in [-0.25, -0.2) is 0 Å². The number of hydrogen-bond donors (Lipinski definition) is 1. The Morgan fingerprint density at radius 3 is 2.60 bits per heavy atom. The van der Waals surface area contributed by atoms with Crippen molar-refractivity contribution in [3.05, 3.63) is 83.9 Å². The zero-order valence-corrected chi connectivity index (χ0v) is 14.7. The molecule has 0 unspecified atom stereocenters. The van der Waals surface area contributed by atoms with Gasteiger partial charge in [0.15, 0.2) is 0 Å². The van der Waals surface area contributed by atoms with Crippen LogP contribution >= 0.6 is 0 Å². The molecule has 1 atom stereocenters. The lowest BCUT2D eigenvalue weighted by Gasteiger charge is -2.36. The molecule has 1 saturated heterocycles. The van der Waals surface area contributed by atoms with E-state index in [2.05, 4.69) is 83.0 Å². The van der Waals surface area contributed by atoms with Crippen LogP contribution in [0.15, 0.2) is 72.8 Å². The Balaban J connectivity index is 1.46. The third-order valence-corrected chi connectivity index (χ3v) is 5.33. The first-order valence-electron chi connectivity index (χ1n) is 9.35. The van der Waals surface area contributed by atoms with Gasteiger partial charge in [0.25, 0.3) is 0 Å². The molecule has 2 nitrogen and oxygen atoms in total. The number of rotatable bonds is 5. The summed E-state index contributed by atoms with van der Waals surface area (Å²) in [5, 5.41) is 6.34. The fraction of sp³-hybridized carbons (Fsp3) is 0.304. The Kier molecular flexibility index (Phi) is 5.10. The van der Waals surface area contributed by atoms with E-state index >= 15 is 0 Å². The maximum Gasteiger partial charge on any atom is 0.0237 e. The molecule has 1 N–H and O–H groups in total. The Hall–Kier alpha value is -2.16. The number of nitrogens with zero attached hydrogens (tertiary/aromatic N) is 1. The first kappa shape index (κ1) is 16.3. The van der Waals surface area contributed by atoms with Crippen LogP contribution in [0.2, 0.25) is 0 Å². The molecule has 128 valence electrons. The highest BCUT2D eigenvalue weighted by Crippen LogP contribution is 2.22. The molecule has 25 heavy (non-hydrogen) atoms.